The molecule has 2 rings (SSSR count). The molecule has 0 unspecified atom stereocenters. The number of alkyl halides is 10. The number of carbonyl (C=O) groups excluding carboxylic acids is 2. The SMILES string of the molecule is CCC(=O)N(c1ccc(Oc2nnc(C(F)(F)C(F)(F)C(F)(F)F)n2C)cc1C(=O)OC)S(=O)(=O)C(F)(F)F. The van der Waals surface area contributed by atoms with Crippen LogP contribution in [0.4, 0.5) is 49.6 Å². The first-order valence-electron chi connectivity index (χ1n) is 9.83. The van der Waals surface area contributed by atoms with Crippen molar-refractivity contribution in [2.24, 2.45) is 7.05 Å². The molecule has 0 saturated carbocycles. The van der Waals surface area contributed by atoms with Gasteiger partial charge in [-0.05, 0) is 18.2 Å². The summed E-state index contributed by atoms with van der Waals surface area (Å²) in [4.78, 5) is 24.4. The highest BCUT2D eigenvalue weighted by Crippen LogP contribution is 2.51. The topological polar surface area (TPSA) is 121 Å². The number of anilines is 1. The molecule has 1 aromatic heterocycles. The Morgan fingerprint density at radius 3 is 2.03 bits per heavy atom. The summed E-state index contributed by atoms with van der Waals surface area (Å²) in [5.41, 5.74) is -8.24. The predicted octanol–water partition coefficient (Wildman–Crippen LogP) is 4.28. The van der Waals surface area contributed by atoms with Crippen LogP contribution in [0.15, 0.2) is 18.2 Å². The van der Waals surface area contributed by atoms with Crippen LogP contribution in [0.5, 0.6) is 11.8 Å². The van der Waals surface area contributed by atoms with E-state index >= 15 is 0 Å². The number of ether oxygens (including phenoxy) is 2. The van der Waals surface area contributed by atoms with Gasteiger partial charge >= 0.3 is 45.5 Å². The summed E-state index contributed by atoms with van der Waals surface area (Å²) >= 11 is 0. The van der Waals surface area contributed by atoms with Crippen LogP contribution in [0, 0.1) is 0 Å². The van der Waals surface area contributed by atoms with Crippen LogP contribution in [0.1, 0.15) is 29.5 Å². The molecule has 0 aliphatic carbocycles. The predicted molar refractivity (Wildman–Crippen MR) is 107 cm³/mol. The standard InChI is InChI=1S/C18H14F10N4O6S/c1-4-11(33)32(39(35,36)18(26,27)28)10-6-5-8(7-9(10)12(34)37-3)38-14-30-29-13(31(14)2)15(19,20)16(21,22)17(23,24)25/h5-7H,4H2,1-3H3. The van der Waals surface area contributed by atoms with Gasteiger partial charge in [0, 0.05) is 13.5 Å². The quantitative estimate of drug-likeness (QED) is 0.324. The number of esters is 1. The van der Waals surface area contributed by atoms with Gasteiger partial charge in [0.15, 0.2) is 0 Å². The molecule has 0 N–H and O–H groups in total. The molecule has 0 bridgehead atoms. The summed E-state index contributed by atoms with van der Waals surface area (Å²) in [6.07, 6.45) is -7.50. The Morgan fingerprint density at radius 2 is 1.56 bits per heavy atom. The number of sulfonamides is 1. The van der Waals surface area contributed by atoms with Crippen molar-refractivity contribution in [3.05, 3.63) is 29.6 Å². The average Bonchev–Trinajstić information content (AvgIpc) is 3.18. The summed E-state index contributed by atoms with van der Waals surface area (Å²) < 4.78 is 164. The van der Waals surface area contributed by atoms with E-state index in [4.69, 9.17) is 4.74 Å². The highest BCUT2D eigenvalue weighted by molar-refractivity contribution is 7.94. The molecule has 39 heavy (non-hydrogen) atoms. The number of hydrogen-bond donors (Lipinski definition) is 0. The fourth-order valence-corrected chi connectivity index (χ4v) is 3.80. The molecular formula is C18H14F10N4O6S. The molecule has 10 nitrogen and oxygen atoms in total. The molecule has 1 heterocycles. The first-order chi connectivity index (χ1) is 17.6. The summed E-state index contributed by atoms with van der Waals surface area (Å²) in [5, 5.41) is 5.51. The van der Waals surface area contributed by atoms with E-state index in [1.807, 2.05) is 0 Å². The zero-order chi connectivity index (χ0) is 30.4. The monoisotopic (exact) mass is 604 g/mol. The van der Waals surface area contributed by atoms with Crippen LogP contribution in [-0.2, 0) is 32.5 Å². The number of carbonyl (C=O) groups is 2. The number of hydrogen-bond acceptors (Lipinski definition) is 8. The van der Waals surface area contributed by atoms with Gasteiger partial charge in [0.2, 0.25) is 11.7 Å². The summed E-state index contributed by atoms with van der Waals surface area (Å²) in [7, 11) is -5.21. The first-order valence-corrected chi connectivity index (χ1v) is 11.3. The lowest BCUT2D eigenvalue weighted by Gasteiger charge is -2.27. The average molecular weight is 604 g/mol. The van der Waals surface area contributed by atoms with Crippen LogP contribution < -0.4 is 9.04 Å². The van der Waals surface area contributed by atoms with Gasteiger partial charge in [-0.1, -0.05) is 12.0 Å². The van der Waals surface area contributed by atoms with Crippen molar-refractivity contribution in [3.63, 3.8) is 0 Å². The lowest BCUT2D eigenvalue weighted by Crippen LogP contribution is -2.51. The minimum atomic E-state index is -6.70. The van der Waals surface area contributed by atoms with Crippen molar-refractivity contribution in [2.45, 2.75) is 36.9 Å². The maximum absolute atomic E-state index is 14.0. The fourth-order valence-electron chi connectivity index (χ4n) is 2.78. The zero-order valence-corrected chi connectivity index (χ0v) is 20.2. The van der Waals surface area contributed by atoms with Crippen molar-refractivity contribution in [1.82, 2.24) is 14.8 Å². The summed E-state index contributed by atoms with van der Waals surface area (Å²) in [6, 6.07) is 0.332. The van der Waals surface area contributed by atoms with Crippen LogP contribution in [0.25, 0.3) is 0 Å². The van der Waals surface area contributed by atoms with Gasteiger partial charge in [-0.25, -0.2) is 4.79 Å². The van der Waals surface area contributed by atoms with Crippen molar-refractivity contribution in [1.29, 1.82) is 0 Å². The number of aromatic nitrogens is 3. The number of halogens is 10. The number of amides is 1. The largest absolute Gasteiger partial charge is 0.517 e. The van der Waals surface area contributed by atoms with Crippen molar-refractivity contribution >= 4 is 27.6 Å². The van der Waals surface area contributed by atoms with Crippen LogP contribution in [0.2, 0.25) is 0 Å². The maximum atomic E-state index is 14.0. The normalized spacial score (nSPS) is 13.3. The zero-order valence-electron chi connectivity index (χ0n) is 19.4. The molecular weight excluding hydrogens is 590 g/mol. The van der Waals surface area contributed by atoms with E-state index in [-0.39, 0.29) is 4.57 Å². The second-order valence-corrected chi connectivity index (χ2v) is 9.03. The van der Waals surface area contributed by atoms with Gasteiger partial charge < -0.3 is 9.47 Å². The molecule has 21 heteroatoms. The smallest absolute Gasteiger partial charge is 0.465 e. The van der Waals surface area contributed by atoms with Crippen molar-refractivity contribution in [3.8, 4) is 11.8 Å². The van der Waals surface area contributed by atoms with Gasteiger partial charge in [-0.2, -0.15) is 56.6 Å². The molecule has 0 fully saturated rings. The molecule has 0 saturated heterocycles. The Kier molecular flexibility index (Phi) is 8.22. The second-order valence-electron chi connectivity index (χ2n) is 7.25. The van der Waals surface area contributed by atoms with E-state index in [1.165, 1.54) is 0 Å². The molecule has 0 radical (unpaired) electrons. The van der Waals surface area contributed by atoms with E-state index in [0.717, 1.165) is 6.92 Å². The molecule has 2 aromatic rings. The third kappa shape index (κ3) is 5.43. The van der Waals surface area contributed by atoms with E-state index < -0.39 is 85.0 Å². The highest BCUT2D eigenvalue weighted by atomic mass is 32.2. The Labute approximate surface area is 211 Å². The van der Waals surface area contributed by atoms with E-state index in [1.54, 1.807) is 0 Å². The number of methoxy groups -OCH3 is 1. The van der Waals surface area contributed by atoms with Gasteiger partial charge in [-0.3, -0.25) is 9.36 Å². The molecule has 1 aromatic carbocycles. The first kappa shape index (κ1) is 31.6. The van der Waals surface area contributed by atoms with Crippen LogP contribution in [0.3, 0.4) is 0 Å². The molecule has 218 valence electrons. The Balaban J connectivity index is 2.64. The van der Waals surface area contributed by atoms with Crippen molar-refractivity contribution < 1.29 is 71.4 Å². The van der Waals surface area contributed by atoms with Crippen LogP contribution >= 0.6 is 0 Å². The van der Waals surface area contributed by atoms with E-state index in [0.29, 0.717) is 32.4 Å². The number of benzene rings is 1. The molecule has 1 amide bonds. The van der Waals surface area contributed by atoms with Gasteiger partial charge in [0.1, 0.15) is 5.75 Å². The van der Waals surface area contributed by atoms with Gasteiger partial charge in [0.05, 0.1) is 18.4 Å². The van der Waals surface area contributed by atoms with E-state index in [9.17, 15) is 61.9 Å². The lowest BCUT2D eigenvalue weighted by atomic mass is 10.1. The fraction of sp³-hybridized carbons (Fsp3) is 0.444. The third-order valence-corrected chi connectivity index (χ3v) is 6.20. The van der Waals surface area contributed by atoms with Crippen molar-refractivity contribution in [2.75, 3.05) is 11.4 Å². The molecule has 0 atom stereocenters. The molecule has 0 aliphatic rings. The highest BCUT2D eigenvalue weighted by Gasteiger charge is 2.75. The second kappa shape index (κ2) is 10.2. The lowest BCUT2D eigenvalue weighted by molar-refractivity contribution is -0.361. The Morgan fingerprint density at radius 1 is 1.00 bits per heavy atom. The summed E-state index contributed by atoms with van der Waals surface area (Å²) in [6.45, 7) is 1.00. The molecule has 0 spiro atoms. The maximum Gasteiger partial charge on any atom is 0.517 e. The minimum Gasteiger partial charge on any atom is -0.465 e. The van der Waals surface area contributed by atoms with Gasteiger partial charge in [-0.15, -0.1) is 5.10 Å². The minimum absolute atomic E-state index is 0.119. The van der Waals surface area contributed by atoms with Crippen LogP contribution in [-0.4, -0.2) is 59.8 Å². The third-order valence-electron chi connectivity index (χ3n) is 4.73. The Hall–Kier alpha value is -3.65. The number of nitrogens with zero attached hydrogens (tertiary/aromatic N) is 4. The number of rotatable bonds is 8. The van der Waals surface area contributed by atoms with E-state index in [2.05, 4.69) is 14.9 Å². The van der Waals surface area contributed by atoms with Gasteiger partial charge in [0.25, 0.3) is 0 Å². The summed E-state index contributed by atoms with van der Waals surface area (Å²) in [5.74, 6) is -18.7. The molecule has 0 aliphatic heterocycles. The Bertz CT molecular complexity index is 1370.